The molecule has 1 aromatic carbocycles. The van der Waals surface area contributed by atoms with Crippen LogP contribution in [0.25, 0.3) is 0 Å². The molecule has 1 aliphatic heterocycles. The van der Waals surface area contributed by atoms with Gasteiger partial charge in [0.2, 0.25) is 12.3 Å². The first-order valence-corrected chi connectivity index (χ1v) is 11.2. The van der Waals surface area contributed by atoms with Crippen molar-refractivity contribution in [3.8, 4) is 0 Å². The molecule has 0 spiro atoms. The first kappa shape index (κ1) is 21.7. The van der Waals surface area contributed by atoms with Crippen LogP contribution < -0.4 is 10.2 Å². The van der Waals surface area contributed by atoms with Gasteiger partial charge in [-0.15, -0.1) is 0 Å². The first-order chi connectivity index (χ1) is 15.0. The Morgan fingerprint density at radius 1 is 1.26 bits per heavy atom. The summed E-state index contributed by atoms with van der Waals surface area (Å²) in [7, 11) is 0. The van der Waals surface area contributed by atoms with Crippen LogP contribution in [-0.2, 0) is 9.59 Å². The van der Waals surface area contributed by atoms with Crippen molar-refractivity contribution >= 4 is 34.1 Å². The fourth-order valence-corrected chi connectivity index (χ4v) is 4.75. The van der Waals surface area contributed by atoms with Crippen LogP contribution in [0.2, 0.25) is 0 Å². The fourth-order valence-electron chi connectivity index (χ4n) is 4.48. The standard InChI is InChI=1S/C22H25BrFN5O2/c1-14-10-18(24)20-19(14)21(27-12-26-20)28-6-8-29(9-7-28)22(31)17(11-25-13-30)15-2-4-16(23)5-3-15/h2-5,12-14,17-18H,6-11H2,1H3,(H,25,30)/t14-,17+,18-/m1/s1. The Hall–Kier alpha value is -2.55. The molecule has 2 heterocycles. The van der Waals surface area contributed by atoms with E-state index in [2.05, 4.69) is 36.1 Å². The van der Waals surface area contributed by atoms with Crippen molar-refractivity contribution < 1.29 is 14.0 Å². The number of anilines is 1. The lowest BCUT2D eigenvalue weighted by Gasteiger charge is -2.38. The van der Waals surface area contributed by atoms with E-state index in [1.165, 1.54) is 6.33 Å². The molecule has 0 radical (unpaired) electrons. The molecule has 1 aliphatic carbocycles. The smallest absolute Gasteiger partial charge is 0.232 e. The minimum absolute atomic E-state index is 0.0126. The van der Waals surface area contributed by atoms with Gasteiger partial charge >= 0.3 is 0 Å². The molecular formula is C22H25BrFN5O2. The van der Waals surface area contributed by atoms with Crippen molar-refractivity contribution in [2.75, 3.05) is 37.6 Å². The van der Waals surface area contributed by atoms with Crippen LogP contribution in [0.15, 0.2) is 35.1 Å². The molecule has 9 heteroatoms. The fraction of sp³-hybridized carbons (Fsp3) is 0.455. The minimum atomic E-state index is -1.04. The molecule has 164 valence electrons. The highest BCUT2D eigenvalue weighted by Crippen LogP contribution is 2.44. The van der Waals surface area contributed by atoms with Crippen LogP contribution in [0, 0.1) is 0 Å². The van der Waals surface area contributed by atoms with Gasteiger partial charge in [0.05, 0.1) is 11.6 Å². The van der Waals surface area contributed by atoms with E-state index in [1.807, 2.05) is 36.1 Å². The second-order valence-corrected chi connectivity index (χ2v) is 8.96. The highest BCUT2D eigenvalue weighted by molar-refractivity contribution is 9.10. The quantitative estimate of drug-likeness (QED) is 0.631. The molecule has 0 bridgehead atoms. The van der Waals surface area contributed by atoms with E-state index in [9.17, 15) is 14.0 Å². The first-order valence-electron chi connectivity index (χ1n) is 10.4. The maximum atomic E-state index is 14.3. The lowest BCUT2D eigenvalue weighted by molar-refractivity contribution is -0.133. The largest absolute Gasteiger partial charge is 0.358 e. The number of rotatable bonds is 6. The summed E-state index contributed by atoms with van der Waals surface area (Å²) in [6.45, 7) is 4.57. The molecule has 4 rings (SSSR count). The van der Waals surface area contributed by atoms with Crippen molar-refractivity contribution in [3.63, 3.8) is 0 Å². The molecule has 2 aromatic rings. The van der Waals surface area contributed by atoms with Gasteiger partial charge in [-0.3, -0.25) is 9.59 Å². The molecule has 2 amide bonds. The molecule has 2 aliphatic rings. The molecule has 1 fully saturated rings. The zero-order chi connectivity index (χ0) is 22.0. The number of carbonyl (C=O) groups excluding carboxylic acids is 2. The number of aromatic nitrogens is 2. The topological polar surface area (TPSA) is 78.4 Å². The Balaban J connectivity index is 1.47. The Morgan fingerprint density at radius 2 is 1.97 bits per heavy atom. The molecule has 31 heavy (non-hydrogen) atoms. The number of fused-ring (bicyclic) bond motifs is 1. The number of piperazine rings is 1. The van der Waals surface area contributed by atoms with Crippen LogP contribution in [0.1, 0.15) is 48.2 Å². The van der Waals surface area contributed by atoms with Crippen molar-refractivity contribution in [1.82, 2.24) is 20.2 Å². The highest BCUT2D eigenvalue weighted by Gasteiger charge is 2.35. The van der Waals surface area contributed by atoms with Crippen molar-refractivity contribution in [3.05, 3.63) is 51.9 Å². The number of alkyl halides is 1. The molecule has 0 unspecified atom stereocenters. The van der Waals surface area contributed by atoms with Gasteiger partial charge in [0.1, 0.15) is 18.3 Å². The van der Waals surface area contributed by atoms with E-state index in [-0.39, 0.29) is 18.4 Å². The van der Waals surface area contributed by atoms with Gasteiger partial charge in [0, 0.05) is 42.8 Å². The summed E-state index contributed by atoms with van der Waals surface area (Å²) in [6, 6.07) is 7.58. The molecule has 1 saturated heterocycles. The number of nitrogens with zero attached hydrogens (tertiary/aromatic N) is 4. The van der Waals surface area contributed by atoms with E-state index in [0.717, 1.165) is 21.4 Å². The van der Waals surface area contributed by atoms with Gasteiger partial charge in [-0.25, -0.2) is 14.4 Å². The Bertz CT molecular complexity index is 949. The average molecular weight is 490 g/mol. The second-order valence-electron chi connectivity index (χ2n) is 8.04. The van der Waals surface area contributed by atoms with E-state index >= 15 is 0 Å². The maximum Gasteiger partial charge on any atom is 0.232 e. The van der Waals surface area contributed by atoms with Gasteiger partial charge in [-0.2, -0.15) is 0 Å². The minimum Gasteiger partial charge on any atom is -0.358 e. The summed E-state index contributed by atoms with van der Waals surface area (Å²) < 4.78 is 15.2. The SMILES string of the molecule is C[C@@H]1C[C@@H](F)c2ncnc(N3CCN(C(=O)[C@@H](CNC=O)c4ccc(Br)cc4)CC3)c21. The third-order valence-electron chi connectivity index (χ3n) is 6.11. The van der Waals surface area contributed by atoms with E-state index < -0.39 is 12.1 Å². The highest BCUT2D eigenvalue weighted by atomic mass is 79.9. The Morgan fingerprint density at radius 3 is 2.65 bits per heavy atom. The number of halogens is 2. The predicted octanol–water partition coefficient (Wildman–Crippen LogP) is 2.94. The lowest BCUT2D eigenvalue weighted by Crippen LogP contribution is -2.51. The van der Waals surface area contributed by atoms with Crippen LogP contribution in [-0.4, -0.2) is 59.9 Å². The van der Waals surface area contributed by atoms with E-state index in [4.69, 9.17) is 0 Å². The number of carbonyl (C=O) groups is 2. The van der Waals surface area contributed by atoms with Crippen LogP contribution in [0.5, 0.6) is 0 Å². The van der Waals surface area contributed by atoms with Crippen molar-refractivity contribution in [1.29, 1.82) is 0 Å². The van der Waals surface area contributed by atoms with Gasteiger partial charge in [0.25, 0.3) is 0 Å². The number of benzene rings is 1. The summed E-state index contributed by atoms with van der Waals surface area (Å²) in [5.41, 5.74) is 2.27. The summed E-state index contributed by atoms with van der Waals surface area (Å²) >= 11 is 3.41. The maximum absolute atomic E-state index is 14.3. The zero-order valence-corrected chi connectivity index (χ0v) is 18.9. The monoisotopic (exact) mass is 489 g/mol. The number of nitrogens with one attached hydrogen (secondary N) is 1. The second kappa shape index (κ2) is 9.30. The van der Waals surface area contributed by atoms with E-state index in [0.29, 0.717) is 44.7 Å². The molecule has 1 N–H and O–H groups in total. The number of hydrogen-bond acceptors (Lipinski definition) is 5. The summed E-state index contributed by atoms with van der Waals surface area (Å²) in [6.07, 6.45) is 1.46. The zero-order valence-electron chi connectivity index (χ0n) is 17.3. The summed E-state index contributed by atoms with van der Waals surface area (Å²) in [5.74, 6) is 0.413. The van der Waals surface area contributed by atoms with Gasteiger partial charge in [-0.1, -0.05) is 35.0 Å². The third-order valence-corrected chi connectivity index (χ3v) is 6.64. The summed E-state index contributed by atoms with van der Waals surface area (Å²) in [4.78, 5) is 36.7. The van der Waals surface area contributed by atoms with Crippen LogP contribution >= 0.6 is 15.9 Å². The Kier molecular flexibility index (Phi) is 6.50. The normalized spacial score (nSPS) is 21.5. The van der Waals surface area contributed by atoms with Crippen molar-refractivity contribution in [2.24, 2.45) is 0 Å². The Labute approximate surface area is 189 Å². The molecule has 3 atom stereocenters. The van der Waals surface area contributed by atoms with Crippen LogP contribution in [0.4, 0.5) is 10.2 Å². The van der Waals surface area contributed by atoms with Gasteiger partial charge < -0.3 is 15.1 Å². The van der Waals surface area contributed by atoms with Crippen LogP contribution in [0.3, 0.4) is 0 Å². The molecule has 7 nitrogen and oxygen atoms in total. The molecule has 0 saturated carbocycles. The van der Waals surface area contributed by atoms with Gasteiger partial charge in [-0.05, 0) is 30.0 Å². The lowest BCUT2D eigenvalue weighted by atomic mass is 9.97. The average Bonchev–Trinajstić information content (AvgIpc) is 3.09. The van der Waals surface area contributed by atoms with Gasteiger partial charge in [0.15, 0.2) is 0 Å². The number of amides is 2. The molecular weight excluding hydrogens is 465 g/mol. The number of hydrogen-bond donors (Lipinski definition) is 1. The predicted molar refractivity (Wildman–Crippen MR) is 119 cm³/mol. The van der Waals surface area contributed by atoms with Crippen molar-refractivity contribution in [2.45, 2.75) is 31.4 Å². The summed E-state index contributed by atoms with van der Waals surface area (Å²) in [5, 5.41) is 2.65. The van der Waals surface area contributed by atoms with E-state index in [1.54, 1.807) is 0 Å². The molecule has 1 aromatic heterocycles. The third kappa shape index (κ3) is 4.42.